The van der Waals surface area contributed by atoms with Gasteiger partial charge in [0.05, 0.1) is 0 Å². The van der Waals surface area contributed by atoms with Gasteiger partial charge in [-0.15, -0.1) is 0 Å². The van der Waals surface area contributed by atoms with Gasteiger partial charge < -0.3 is 10.0 Å². The molecule has 1 aliphatic rings. The molecular weight excluding hydrogens is 252 g/mol. The molecule has 1 aromatic rings. The summed E-state index contributed by atoms with van der Waals surface area (Å²) in [5, 5.41) is 8.93. The van der Waals surface area contributed by atoms with E-state index in [0.29, 0.717) is 19.1 Å². The molecule has 108 valence electrons. The van der Waals surface area contributed by atoms with Gasteiger partial charge in [0.2, 0.25) is 0 Å². The fourth-order valence-corrected chi connectivity index (χ4v) is 2.57. The van der Waals surface area contributed by atoms with Crippen LogP contribution >= 0.6 is 0 Å². The van der Waals surface area contributed by atoms with Gasteiger partial charge in [-0.25, -0.2) is 4.79 Å². The molecule has 0 aliphatic carbocycles. The maximum absolute atomic E-state index is 10.9. The number of likely N-dealkylation sites (tertiary alicyclic amines) is 1. The van der Waals surface area contributed by atoms with Crippen LogP contribution in [0.2, 0.25) is 0 Å². The van der Waals surface area contributed by atoms with Crippen molar-refractivity contribution in [2.24, 2.45) is 0 Å². The molecule has 20 heavy (non-hydrogen) atoms. The van der Waals surface area contributed by atoms with E-state index in [0.717, 1.165) is 19.4 Å². The zero-order chi connectivity index (χ0) is 14.4. The third-order valence-corrected chi connectivity index (χ3v) is 3.86. The highest BCUT2D eigenvalue weighted by Gasteiger charge is 2.24. The van der Waals surface area contributed by atoms with Crippen LogP contribution in [0.25, 0.3) is 6.08 Å². The van der Waals surface area contributed by atoms with Gasteiger partial charge in [-0.2, -0.15) is 0 Å². The van der Waals surface area contributed by atoms with Gasteiger partial charge in [0.1, 0.15) is 0 Å². The van der Waals surface area contributed by atoms with Crippen LogP contribution in [0.4, 0.5) is 4.79 Å². The van der Waals surface area contributed by atoms with E-state index in [9.17, 15) is 4.79 Å². The lowest BCUT2D eigenvalue weighted by molar-refractivity contribution is 0.109. The minimum Gasteiger partial charge on any atom is -0.465 e. The second-order valence-electron chi connectivity index (χ2n) is 5.25. The summed E-state index contributed by atoms with van der Waals surface area (Å²) in [5.74, 6) is 0. The molecule has 4 nitrogen and oxygen atoms in total. The maximum Gasteiger partial charge on any atom is 0.407 e. The van der Waals surface area contributed by atoms with Crippen molar-refractivity contribution >= 4 is 12.2 Å². The van der Waals surface area contributed by atoms with E-state index in [2.05, 4.69) is 36.2 Å². The molecule has 1 saturated heterocycles. The Labute approximate surface area is 120 Å². The zero-order valence-corrected chi connectivity index (χ0v) is 11.9. The SMILES string of the molecule is CN(C/C=C/c1ccccc1)C1CCN(C(=O)O)CC1. The van der Waals surface area contributed by atoms with Crippen molar-refractivity contribution in [1.29, 1.82) is 0 Å². The van der Waals surface area contributed by atoms with Crippen LogP contribution in [-0.4, -0.2) is 53.7 Å². The molecule has 1 fully saturated rings. The quantitative estimate of drug-likeness (QED) is 0.918. The molecule has 1 N–H and O–H groups in total. The molecular formula is C16H22N2O2. The van der Waals surface area contributed by atoms with E-state index in [1.165, 1.54) is 10.5 Å². The van der Waals surface area contributed by atoms with Gasteiger partial charge in [-0.05, 0) is 25.5 Å². The highest BCUT2D eigenvalue weighted by atomic mass is 16.4. The molecule has 0 spiro atoms. The number of benzene rings is 1. The molecule has 1 amide bonds. The normalized spacial score (nSPS) is 17.0. The topological polar surface area (TPSA) is 43.8 Å². The number of rotatable bonds is 4. The minimum atomic E-state index is -0.796. The van der Waals surface area contributed by atoms with Crippen molar-refractivity contribution in [2.45, 2.75) is 18.9 Å². The third-order valence-electron chi connectivity index (χ3n) is 3.86. The molecule has 0 atom stereocenters. The fraction of sp³-hybridized carbons (Fsp3) is 0.438. The largest absolute Gasteiger partial charge is 0.465 e. The van der Waals surface area contributed by atoms with E-state index < -0.39 is 6.09 Å². The first kappa shape index (κ1) is 14.6. The average Bonchev–Trinajstić information content (AvgIpc) is 2.48. The molecule has 0 radical (unpaired) electrons. The van der Waals surface area contributed by atoms with Gasteiger partial charge >= 0.3 is 6.09 Å². The van der Waals surface area contributed by atoms with E-state index in [4.69, 9.17) is 5.11 Å². The summed E-state index contributed by atoms with van der Waals surface area (Å²) < 4.78 is 0. The van der Waals surface area contributed by atoms with Crippen molar-refractivity contribution < 1.29 is 9.90 Å². The Kier molecular flexibility index (Phi) is 5.18. The standard InChI is InChI=1S/C16H22N2O2/c1-17(11-5-8-14-6-3-2-4-7-14)15-9-12-18(13-10-15)16(19)20/h2-8,15H,9-13H2,1H3,(H,19,20)/b8-5+. The second-order valence-corrected chi connectivity index (χ2v) is 5.25. The molecule has 0 aromatic heterocycles. The van der Waals surface area contributed by atoms with Crippen LogP contribution in [-0.2, 0) is 0 Å². The second kappa shape index (κ2) is 7.10. The number of nitrogens with zero attached hydrogens (tertiary/aromatic N) is 2. The van der Waals surface area contributed by atoms with E-state index >= 15 is 0 Å². The molecule has 0 bridgehead atoms. The van der Waals surface area contributed by atoms with Crippen LogP contribution in [0.15, 0.2) is 36.4 Å². The van der Waals surface area contributed by atoms with Crippen molar-refractivity contribution in [3.8, 4) is 0 Å². The van der Waals surface area contributed by atoms with Crippen LogP contribution in [0.3, 0.4) is 0 Å². The Hall–Kier alpha value is -1.81. The monoisotopic (exact) mass is 274 g/mol. The Morgan fingerprint density at radius 2 is 2.00 bits per heavy atom. The lowest BCUT2D eigenvalue weighted by Gasteiger charge is -2.35. The number of likely N-dealkylation sites (N-methyl/N-ethyl adjacent to an activating group) is 1. The Morgan fingerprint density at radius 1 is 1.35 bits per heavy atom. The van der Waals surface area contributed by atoms with Gasteiger partial charge in [0.25, 0.3) is 0 Å². The number of hydrogen-bond donors (Lipinski definition) is 1. The molecule has 1 aromatic carbocycles. The molecule has 1 heterocycles. The number of piperidine rings is 1. The van der Waals surface area contributed by atoms with Crippen molar-refractivity contribution in [1.82, 2.24) is 9.80 Å². The summed E-state index contributed by atoms with van der Waals surface area (Å²) in [4.78, 5) is 14.7. The highest BCUT2D eigenvalue weighted by molar-refractivity contribution is 5.65. The summed E-state index contributed by atoms with van der Waals surface area (Å²) >= 11 is 0. The first-order chi connectivity index (χ1) is 9.66. The highest BCUT2D eigenvalue weighted by Crippen LogP contribution is 2.15. The summed E-state index contributed by atoms with van der Waals surface area (Å²) in [6, 6.07) is 10.7. The lowest BCUT2D eigenvalue weighted by Crippen LogP contribution is -2.45. The Bertz CT molecular complexity index is 451. The van der Waals surface area contributed by atoms with Crippen LogP contribution < -0.4 is 0 Å². The van der Waals surface area contributed by atoms with Gasteiger partial charge in [0.15, 0.2) is 0 Å². The first-order valence-corrected chi connectivity index (χ1v) is 7.06. The Balaban J connectivity index is 1.77. The van der Waals surface area contributed by atoms with Crippen molar-refractivity contribution in [3.05, 3.63) is 42.0 Å². The van der Waals surface area contributed by atoms with Gasteiger partial charge in [-0.3, -0.25) is 4.90 Å². The minimum absolute atomic E-state index is 0.478. The smallest absolute Gasteiger partial charge is 0.407 e. The number of carbonyl (C=O) groups is 1. The summed E-state index contributed by atoms with van der Waals surface area (Å²) in [6.07, 6.45) is 5.33. The fourth-order valence-electron chi connectivity index (χ4n) is 2.57. The molecule has 0 saturated carbocycles. The number of amides is 1. The average molecular weight is 274 g/mol. The van der Waals surface area contributed by atoms with E-state index in [1.807, 2.05) is 18.2 Å². The predicted molar refractivity (Wildman–Crippen MR) is 80.7 cm³/mol. The van der Waals surface area contributed by atoms with Gasteiger partial charge in [-0.1, -0.05) is 42.5 Å². The third kappa shape index (κ3) is 4.10. The number of carboxylic acid groups (broad SMARTS) is 1. The zero-order valence-electron chi connectivity index (χ0n) is 11.9. The number of hydrogen-bond acceptors (Lipinski definition) is 2. The van der Waals surface area contributed by atoms with Crippen molar-refractivity contribution in [2.75, 3.05) is 26.7 Å². The molecule has 4 heteroatoms. The Morgan fingerprint density at radius 3 is 2.60 bits per heavy atom. The van der Waals surface area contributed by atoms with E-state index in [1.54, 1.807) is 0 Å². The molecule has 0 unspecified atom stereocenters. The van der Waals surface area contributed by atoms with Crippen LogP contribution in [0, 0.1) is 0 Å². The lowest BCUT2D eigenvalue weighted by atomic mass is 10.0. The predicted octanol–water partition coefficient (Wildman–Crippen LogP) is 2.77. The van der Waals surface area contributed by atoms with Crippen molar-refractivity contribution in [3.63, 3.8) is 0 Å². The summed E-state index contributed by atoms with van der Waals surface area (Å²) in [5.41, 5.74) is 1.21. The van der Waals surface area contributed by atoms with Crippen LogP contribution in [0.5, 0.6) is 0 Å². The maximum atomic E-state index is 10.9. The first-order valence-electron chi connectivity index (χ1n) is 7.06. The van der Waals surface area contributed by atoms with Gasteiger partial charge in [0, 0.05) is 25.7 Å². The summed E-state index contributed by atoms with van der Waals surface area (Å²) in [7, 11) is 2.11. The van der Waals surface area contributed by atoms with E-state index in [-0.39, 0.29) is 0 Å². The molecule has 2 rings (SSSR count). The molecule has 1 aliphatic heterocycles. The summed E-state index contributed by atoms with van der Waals surface area (Å²) in [6.45, 7) is 2.19. The van der Waals surface area contributed by atoms with Crippen LogP contribution in [0.1, 0.15) is 18.4 Å².